The molecule has 2 aromatic carbocycles. The van der Waals surface area contributed by atoms with Crippen LogP contribution in [0.2, 0.25) is 0 Å². The third-order valence-electron chi connectivity index (χ3n) is 16.0. The smallest absolute Gasteiger partial charge is 0.240 e. The number of carbonyl (C=O) groups is 1. The molecule has 5 rings (SSSR count). The van der Waals surface area contributed by atoms with Crippen LogP contribution < -0.4 is 24.9 Å². The first kappa shape index (κ1) is 69.5. The Morgan fingerprint density at radius 2 is 1.34 bits per heavy atom. The molecule has 0 aromatic heterocycles. The van der Waals surface area contributed by atoms with E-state index < -0.39 is 74.5 Å². The number of hydrogen-bond donors (Lipinski definition) is 7. The van der Waals surface area contributed by atoms with E-state index in [0.29, 0.717) is 40.7 Å². The van der Waals surface area contributed by atoms with Crippen LogP contribution in [0.4, 0.5) is 5.69 Å². The number of unbranched alkanes of at least 4 members (excludes halogenated alkanes) is 19. The van der Waals surface area contributed by atoms with Crippen LogP contribution >= 0.6 is 0 Å². The van der Waals surface area contributed by atoms with Gasteiger partial charge in [0.25, 0.3) is 0 Å². The monoisotopic (exact) mass is 1200 g/mol. The molecule has 83 heavy (non-hydrogen) atoms. The van der Waals surface area contributed by atoms with Crippen molar-refractivity contribution in [2.45, 2.75) is 229 Å². The standard InChI is InChI=1S/C63H98N4O14S2/c1-6-11-12-13-14-15-16-17-18-20-23-26-29-32-53(69)52(45-79-63-62(73)61(72)60(71)56(44-68)81-63)65-58(70)33-30-27-24-21-19-22-25-28-31-40-64-82(74,75)48-36-39-51(57(43-48)83(76,77)78)59-49-37-34-46(66(7-2)8-3)41-54(49)80-55-42-47(35-38-50(55)59)67(9-4)10-5/h29,32,34-39,41-43,52-53,56,60-64,68-69,71-73H,6-28,30-31,33,40,44-45H2,1-5H3,(H-,65,70,76,77,78)/b32-29+/t52-,53+,56+,60-,61-,62+,63+/m0/s1. The molecule has 2 aromatic rings. The highest BCUT2D eigenvalue weighted by molar-refractivity contribution is 7.89. The number of amides is 1. The van der Waals surface area contributed by atoms with E-state index in [2.05, 4.69) is 54.1 Å². The predicted octanol–water partition coefficient (Wildman–Crippen LogP) is 8.87. The van der Waals surface area contributed by atoms with Crippen LogP contribution in [0.5, 0.6) is 0 Å². The lowest BCUT2D eigenvalue weighted by Gasteiger charge is -2.40. The average molecular weight is 1200 g/mol. The van der Waals surface area contributed by atoms with Crippen LogP contribution in [0.15, 0.2) is 81.0 Å². The number of nitrogens with zero attached hydrogens (tertiary/aromatic N) is 2. The first-order valence-electron chi connectivity index (χ1n) is 30.9. The molecule has 20 heteroatoms. The van der Waals surface area contributed by atoms with E-state index in [0.717, 1.165) is 107 Å². The highest BCUT2D eigenvalue weighted by atomic mass is 32.2. The maximum absolute atomic E-state index is 13.6. The zero-order valence-corrected chi connectivity index (χ0v) is 51.7. The molecule has 0 bridgehead atoms. The Morgan fingerprint density at radius 3 is 1.94 bits per heavy atom. The summed E-state index contributed by atoms with van der Waals surface area (Å²) in [4.78, 5) is 14.4. The Hall–Kier alpha value is -4.32. The fraction of sp³-hybridized carbons (Fsp3) is 0.651. The van der Waals surface area contributed by atoms with Crippen molar-refractivity contribution in [2.24, 2.45) is 0 Å². The summed E-state index contributed by atoms with van der Waals surface area (Å²) in [6.07, 6.45) is 16.9. The number of ether oxygens (including phenoxy) is 2. The molecule has 0 spiro atoms. The maximum Gasteiger partial charge on any atom is 0.240 e. The molecule has 7 N–H and O–H groups in total. The summed E-state index contributed by atoms with van der Waals surface area (Å²) in [5, 5.41) is 56.1. The van der Waals surface area contributed by atoms with Gasteiger partial charge in [-0.2, -0.15) is 0 Å². The van der Waals surface area contributed by atoms with Crippen molar-refractivity contribution in [3.05, 3.63) is 72.1 Å². The Kier molecular flexibility index (Phi) is 30.1. The quantitative estimate of drug-likeness (QED) is 0.00720. The van der Waals surface area contributed by atoms with Crippen LogP contribution in [0.1, 0.15) is 176 Å². The lowest BCUT2D eigenvalue weighted by molar-refractivity contribution is -0.302. The fourth-order valence-corrected chi connectivity index (χ4v) is 12.8. The summed E-state index contributed by atoms with van der Waals surface area (Å²) in [7, 11) is -9.38. The Morgan fingerprint density at radius 1 is 0.735 bits per heavy atom. The summed E-state index contributed by atoms with van der Waals surface area (Å²) in [6, 6.07) is 14.1. The zero-order valence-electron chi connectivity index (χ0n) is 50.0. The number of allylic oxidation sites excluding steroid dienone is 1. The van der Waals surface area contributed by atoms with E-state index in [9.17, 15) is 51.7 Å². The van der Waals surface area contributed by atoms with Gasteiger partial charge in [0.1, 0.15) is 59.0 Å². The summed E-state index contributed by atoms with van der Waals surface area (Å²) in [6.45, 7) is 12.7. The molecule has 1 aliphatic carbocycles. The largest absolute Gasteiger partial charge is 0.744 e. The predicted molar refractivity (Wildman–Crippen MR) is 325 cm³/mol. The van der Waals surface area contributed by atoms with Gasteiger partial charge in [0.15, 0.2) is 6.29 Å². The number of benzene rings is 3. The number of nitrogens with one attached hydrogen (secondary N) is 2. The van der Waals surface area contributed by atoms with E-state index in [-0.39, 0.29) is 35.9 Å². The van der Waals surface area contributed by atoms with Crippen LogP contribution in [-0.2, 0) is 34.4 Å². The topological polar surface area (TPSA) is 271 Å². The molecule has 18 nitrogen and oxygen atoms in total. The Labute approximate surface area is 494 Å². The number of rotatable bonds is 40. The molecule has 0 radical (unpaired) electrons. The highest BCUT2D eigenvalue weighted by Crippen LogP contribution is 2.43. The molecule has 2 aliphatic heterocycles. The first-order chi connectivity index (χ1) is 39.9. The van der Waals surface area contributed by atoms with Gasteiger partial charge in [0.2, 0.25) is 21.3 Å². The van der Waals surface area contributed by atoms with Gasteiger partial charge >= 0.3 is 0 Å². The van der Waals surface area contributed by atoms with Crippen LogP contribution in [-0.4, -0.2) is 142 Å². The van der Waals surface area contributed by atoms with Crippen molar-refractivity contribution in [2.75, 3.05) is 50.8 Å². The SMILES string of the molecule is CCCCCCCCCCCCC/C=C/[C@@H](O)[C@H](CO[C@@H]1O[C@H](CO)[C@H](O)[C@H](O)[C@H]1O)NC(=O)CCCCCCCCCCCNS(=O)(=O)c1ccc(-c2c3ccc(=[N+](CC)CC)cc-3oc3cc(N(CC)CC)ccc23)c(S(=O)(=O)[O-])c1. The highest BCUT2D eigenvalue weighted by Gasteiger charge is 2.44. The van der Waals surface area contributed by atoms with E-state index in [4.69, 9.17) is 13.9 Å². The molecule has 2 heterocycles. The lowest BCUT2D eigenvalue weighted by Crippen LogP contribution is -2.60. The Balaban J connectivity index is 1.07. The van der Waals surface area contributed by atoms with Gasteiger partial charge in [0.05, 0.1) is 41.2 Å². The van der Waals surface area contributed by atoms with Crippen LogP contribution in [0.3, 0.4) is 0 Å². The van der Waals surface area contributed by atoms with Gasteiger partial charge < -0.3 is 54.2 Å². The van der Waals surface area contributed by atoms with E-state index in [1.54, 1.807) is 6.08 Å². The normalized spacial score (nSPS) is 18.5. The molecule has 3 aliphatic rings. The van der Waals surface area contributed by atoms with E-state index in [1.807, 2.05) is 42.5 Å². The van der Waals surface area contributed by atoms with Gasteiger partial charge in [-0.05, 0) is 83.7 Å². The molecule has 1 saturated heterocycles. The lowest BCUT2D eigenvalue weighted by atomic mass is 9.93. The van der Waals surface area contributed by atoms with E-state index >= 15 is 0 Å². The summed E-state index contributed by atoms with van der Waals surface area (Å²) in [5.74, 6) is 0.202. The maximum atomic E-state index is 13.6. The molecular weight excluding hydrogens is 1100 g/mol. The van der Waals surface area contributed by atoms with Crippen LogP contribution in [0, 0.1) is 0 Å². The minimum absolute atomic E-state index is 0.0788. The van der Waals surface area contributed by atoms with E-state index in [1.165, 1.54) is 69.9 Å². The number of sulfonamides is 1. The van der Waals surface area contributed by atoms with Crippen molar-refractivity contribution in [1.29, 1.82) is 0 Å². The third-order valence-corrected chi connectivity index (χ3v) is 18.3. The van der Waals surface area contributed by atoms with Crippen molar-refractivity contribution >= 4 is 42.7 Å². The second kappa shape index (κ2) is 36.0. The molecule has 0 saturated carbocycles. The fourth-order valence-electron chi connectivity index (χ4n) is 11.0. The Bertz CT molecular complexity index is 2870. The summed E-state index contributed by atoms with van der Waals surface area (Å²) in [5.41, 5.74) is 2.50. The van der Waals surface area contributed by atoms with Gasteiger partial charge in [0, 0.05) is 66.0 Å². The number of fused-ring (bicyclic) bond motifs is 2. The molecule has 0 unspecified atom stereocenters. The molecule has 7 atom stereocenters. The third kappa shape index (κ3) is 21.3. The second-order valence-corrected chi connectivity index (χ2v) is 25.2. The summed E-state index contributed by atoms with van der Waals surface area (Å²) >= 11 is 0. The minimum atomic E-state index is -5.19. The van der Waals surface area contributed by atoms with Crippen molar-refractivity contribution in [1.82, 2.24) is 14.6 Å². The molecule has 466 valence electrons. The average Bonchev–Trinajstić information content (AvgIpc) is 3.67. The zero-order chi connectivity index (χ0) is 60.4. The van der Waals surface area contributed by atoms with Gasteiger partial charge in [-0.1, -0.05) is 134 Å². The van der Waals surface area contributed by atoms with Crippen molar-refractivity contribution < 1.29 is 65.6 Å². The number of anilines is 1. The van der Waals surface area contributed by atoms with Gasteiger partial charge in [-0.3, -0.25) is 4.79 Å². The van der Waals surface area contributed by atoms with Gasteiger partial charge in [-0.25, -0.2) is 26.1 Å². The number of carbonyl (C=O) groups excluding carboxylic acids is 1. The van der Waals surface area contributed by atoms with Crippen LogP contribution in [0.25, 0.3) is 33.4 Å². The number of hydrogen-bond acceptors (Lipinski definition) is 15. The number of aliphatic hydroxyl groups is 5. The van der Waals surface area contributed by atoms with Crippen molar-refractivity contribution in [3.63, 3.8) is 0 Å². The molecule has 1 amide bonds. The molecule has 1 fully saturated rings. The number of aliphatic hydroxyl groups excluding tert-OH is 5. The first-order valence-corrected chi connectivity index (χ1v) is 33.8. The molecular formula is C63H98N4O14S2. The minimum Gasteiger partial charge on any atom is -0.744 e. The second-order valence-electron chi connectivity index (χ2n) is 22.1. The summed E-state index contributed by atoms with van der Waals surface area (Å²) < 4.78 is 89.0. The van der Waals surface area contributed by atoms with Crippen molar-refractivity contribution in [3.8, 4) is 22.5 Å². The van der Waals surface area contributed by atoms with Gasteiger partial charge in [-0.15, -0.1) is 0 Å².